The van der Waals surface area contributed by atoms with Crippen molar-refractivity contribution in [3.05, 3.63) is 46.7 Å². The zero-order valence-corrected chi connectivity index (χ0v) is 12.4. The molecule has 3 heteroatoms. The molecule has 2 aromatic rings. The molecule has 3 nitrogen and oxygen atoms in total. The molecule has 0 saturated carbocycles. The molecular weight excluding hydrogens is 250 g/mol. The largest absolute Gasteiger partial charge is 0.463 e. The number of esters is 1. The highest BCUT2D eigenvalue weighted by atomic mass is 16.5. The number of hydrogen-bond donors (Lipinski definition) is 0. The summed E-state index contributed by atoms with van der Waals surface area (Å²) in [7, 11) is 0. The fraction of sp³-hybridized carbons (Fsp3) is 0.294. The average molecular weight is 269 g/mol. The maximum Gasteiger partial charge on any atom is 0.330 e. The Kier molecular flexibility index (Phi) is 4.18. The Hall–Kier alpha value is -2.16. The molecule has 0 fully saturated rings. The van der Waals surface area contributed by atoms with Crippen LogP contribution in [0.25, 0.3) is 17.0 Å². The van der Waals surface area contributed by atoms with E-state index in [-0.39, 0.29) is 5.97 Å². The summed E-state index contributed by atoms with van der Waals surface area (Å²) in [6, 6.07) is 6.19. The van der Waals surface area contributed by atoms with Crippen LogP contribution in [-0.4, -0.2) is 17.6 Å². The molecule has 20 heavy (non-hydrogen) atoms. The number of benzene rings is 1. The van der Waals surface area contributed by atoms with Crippen molar-refractivity contribution in [2.24, 2.45) is 0 Å². The van der Waals surface area contributed by atoms with E-state index in [0.29, 0.717) is 6.61 Å². The van der Waals surface area contributed by atoms with E-state index >= 15 is 0 Å². The van der Waals surface area contributed by atoms with Gasteiger partial charge in [-0.25, -0.2) is 9.78 Å². The average Bonchev–Trinajstić information content (AvgIpc) is 2.41. The van der Waals surface area contributed by atoms with Crippen molar-refractivity contribution < 1.29 is 9.53 Å². The van der Waals surface area contributed by atoms with Crippen molar-refractivity contribution in [1.29, 1.82) is 0 Å². The van der Waals surface area contributed by atoms with Gasteiger partial charge < -0.3 is 4.74 Å². The molecule has 0 spiro atoms. The lowest BCUT2D eigenvalue weighted by Gasteiger charge is -2.08. The minimum Gasteiger partial charge on any atom is -0.463 e. The van der Waals surface area contributed by atoms with Crippen LogP contribution in [0.1, 0.15) is 29.3 Å². The zero-order chi connectivity index (χ0) is 14.7. The molecule has 0 amide bonds. The van der Waals surface area contributed by atoms with Gasteiger partial charge >= 0.3 is 5.97 Å². The van der Waals surface area contributed by atoms with Gasteiger partial charge in [0.05, 0.1) is 17.8 Å². The quantitative estimate of drug-likeness (QED) is 0.629. The number of carbonyl (C=O) groups is 1. The zero-order valence-electron chi connectivity index (χ0n) is 12.4. The molecule has 0 unspecified atom stereocenters. The van der Waals surface area contributed by atoms with E-state index in [0.717, 1.165) is 22.2 Å². The van der Waals surface area contributed by atoms with Crippen molar-refractivity contribution in [2.45, 2.75) is 27.7 Å². The van der Waals surface area contributed by atoms with Crippen LogP contribution in [0.5, 0.6) is 0 Å². The molecule has 1 aromatic heterocycles. The van der Waals surface area contributed by atoms with Gasteiger partial charge in [-0.3, -0.25) is 0 Å². The SMILES string of the molecule is CCOC(=O)/C=C/c1cc(C)c2ccc(C)c(C)c2n1. The number of nitrogens with zero attached hydrogens (tertiary/aromatic N) is 1. The predicted molar refractivity (Wildman–Crippen MR) is 81.6 cm³/mol. The Labute approximate surface area is 119 Å². The van der Waals surface area contributed by atoms with Gasteiger partial charge in [-0.2, -0.15) is 0 Å². The van der Waals surface area contributed by atoms with Crippen LogP contribution in [0, 0.1) is 20.8 Å². The van der Waals surface area contributed by atoms with Crippen LogP contribution in [0.3, 0.4) is 0 Å². The fourth-order valence-electron chi connectivity index (χ4n) is 2.15. The third-order valence-corrected chi connectivity index (χ3v) is 3.41. The summed E-state index contributed by atoms with van der Waals surface area (Å²) >= 11 is 0. The van der Waals surface area contributed by atoms with Gasteiger partial charge in [0.2, 0.25) is 0 Å². The summed E-state index contributed by atoms with van der Waals surface area (Å²) in [5.41, 5.74) is 5.32. The molecule has 0 aliphatic carbocycles. The molecule has 0 radical (unpaired) electrons. The molecular formula is C17H19NO2. The molecule has 1 aromatic carbocycles. The predicted octanol–water partition coefficient (Wildman–Crippen LogP) is 3.74. The molecule has 0 aliphatic rings. The normalized spacial score (nSPS) is 11.2. The maximum absolute atomic E-state index is 11.3. The highest BCUT2D eigenvalue weighted by Crippen LogP contribution is 2.23. The van der Waals surface area contributed by atoms with Crippen molar-refractivity contribution in [1.82, 2.24) is 4.98 Å². The van der Waals surface area contributed by atoms with E-state index < -0.39 is 0 Å². The number of fused-ring (bicyclic) bond motifs is 1. The van der Waals surface area contributed by atoms with Gasteiger partial charge in [0.1, 0.15) is 0 Å². The van der Waals surface area contributed by atoms with Crippen LogP contribution < -0.4 is 0 Å². The van der Waals surface area contributed by atoms with E-state index in [2.05, 4.69) is 37.9 Å². The van der Waals surface area contributed by atoms with Gasteiger partial charge in [-0.05, 0) is 56.5 Å². The lowest BCUT2D eigenvalue weighted by molar-refractivity contribution is -0.137. The number of rotatable bonds is 3. The number of aromatic nitrogens is 1. The minimum atomic E-state index is -0.340. The Morgan fingerprint density at radius 3 is 2.70 bits per heavy atom. The molecule has 0 atom stereocenters. The van der Waals surface area contributed by atoms with Gasteiger partial charge in [-0.1, -0.05) is 12.1 Å². The van der Waals surface area contributed by atoms with Crippen LogP contribution in [0.15, 0.2) is 24.3 Å². The van der Waals surface area contributed by atoms with Crippen LogP contribution >= 0.6 is 0 Å². The molecule has 0 saturated heterocycles. The molecule has 104 valence electrons. The topological polar surface area (TPSA) is 39.2 Å². The third kappa shape index (κ3) is 2.87. The first-order valence-corrected chi connectivity index (χ1v) is 6.75. The van der Waals surface area contributed by atoms with E-state index in [1.54, 1.807) is 13.0 Å². The first-order valence-electron chi connectivity index (χ1n) is 6.75. The van der Waals surface area contributed by atoms with Crippen molar-refractivity contribution in [3.8, 4) is 0 Å². The highest BCUT2D eigenvalue weighted by molar-refractivity contribution is 5.89. The summed E-state index contributed by atoms with van der Waals surface area (Å²) in [6.07, 6.45) is 3.12. The smallest absolute Gasteiger partial charge is 0.330 e. The monoisotopic (exact) mass is 269 g/mol. The Balaban J connectivity index is 2.46. The van der Waals surface area contributed by atoms with Crippen LogP contribution in [-0.2, 0) is 9.53 Å². The number of ether oxygens (including phenoxy) is 1. The summed E-state index contributed by atoms with van der Waals surface area (Å²) in [5.74, 6) is -0.340. The summed E-state index contributed by atoms with van der Waals surface area (Å²) in [4.78, 5) is 16.0. The summed E-state index contributed by atoms with van der Waals surface area (Å²) < 4.78 is 4.87. The standard InChI is InChI=1S/C17H19NO2/c1-5-20-16(19)9-7-14-10-12(3)15-8-6-11(2)13(4)17(15)18-14/h6-10H,5H2,1-4H3/b9-7+. The second kappa shape index (κ2) is 5.87. The Morgan fingerprint density at radius 2 is 2.00 bits per heavy atom. The number of hydrogen-bond acceptors (Lipinski definition) is 3. The molecule has 2 rings (SSSR count). The van der Waals surface area contributed by atoms with E-state index in [1.807, 2.05) is 6.07 Å². The van der Waals surface area contributed by atoms with Gasteiger partial charge in [0.15, 0.2) is 0 Å². The lowest BCUT2D eigenvalue weighted by Crippen LogP contribution is -1.99. The second-order valence-corrected chi connectivity index (χ2v) is 4.85. The minimum absolute atomic E-state index is 0.340. The van der Waals surface area contributed by atoms with Crippen molar-refractivity contribution >= 4 is 22.9 Å². The molecule has 0 bridgehead atoms. The maximum atomic E-state index is 11.3. The fourth-order valence-corrected chi connectivity index (χ4v) is 2.15. The van der Waals surface area contributed by atoms with E-state index in [9.17, 15) is 4.79 Å². The van der Waals surface area contributed by atoms with E-state index in [4.69, 9.17) is 4.74 Å². The van der Waals surface area contributed by atoms with E-state index in [1.165, 1.54) is 17.2 Å². The molecule has 1 heterocycles. The van der Waals surface area contributed by atoms with Crippen LogP contribution in [0.4, 0.5) is 0 Å². The number of pyridine rings is 1. The second-order valence-electron chi connectivity index (χ2n) is 4.85. The van der Waals surface area contributed by atoms with Crippen molar-refractivity contribution in [2.75, 3.05) is 6.61 Å². The van der Waals surface area contributed by atoms with Crippen LogP contribution in [0.2, 0.25) is 0 Å². The first kappa shape index (κ1) is 14.3. The Morgan fingerprint density at radius 1 is 1.25 bits per heavy atom. The third-order valence-electron chi connectivity index (χ3n) is 3.41. The Bertz CT molecular complexity index is 687. The lowest BCUT2D eigenvalue weighted by atomic mass is 10.0. The molecule has 0 N–H and O–H groups in total. The van der Waals surface area contributed by atoms with Gasteiger partial charge in [0, 0.05) is 11.5 Å². The highest BCUT2D eigenvalue weighted by Gasteiger charge is 2.06. The van der Waals surface area contributed by atoms with Gasteiger partial charge in [-0.15, -0.1) is 0 Å². The molecule has 0 aliphatic heterocycles. The number of aryl methyl sites for hydroxylation is 3. The van der Waals surface area contributed by atoms with Gasteiger partial charge in [0.25, 0.3) is 0 Å². The summed E-state index contributed by atoms with van der Waals surface area (Å²) in [5, 5.41) is 1.15. The van der Waals surface area contributed by atoms with Crippen molar-refractivity contribution in [3.63, 3.8) is 0 Å². The first-order chi connectivity index (χ1) is 9.52. The summed E-state index contributed by atoms with van der Waals surface area (Å²) in [6.45, 7) is 8.37. The number of carbonyl (C=O) groups excluding carboxylic acids is 1.